The van der Waals surface area contributed by atoms with Crippen LogP contribution in [0.3, 0.4) is 0 Å². The van der Waals surface area contributed by atoms with Crippen molar-refractivity contribution < 1.29 is 9.47 Å². The highest BCUT2D eigenvalue weighted by atomic mass is 16.5. The summed E-state index contributed by atoms with van der Waals surface area (Å²) in [7, 11) is 1.65. The lowest BCUT2D eigenvalue weighted by atomic mass is 10.0. The maximum absolute atomic E-state index is 6.16. The molecule has 0 radical (unpaired) electrons. The fourth-order valence-electron chi connectivity index (χ4n) is 1.90. The van der Waals surface area contributed by atoms with Gasteiger partial charge in [0.15, 0.2) is 11.5 Å². The van der Waals surface area contributed by atoms with Gasteiger partial charge in [0.2, 0.25) is 0 Å². The highest BCUT2D eigenvalue weighted by molar-refractivity contribution is 5.44. The molecule has 3 heteroatoms. The average molecular weight is 221 g/mol. The van der Waals surface area contributed by atoms with Crippen molar-refractivity contribution in [1.29, 1.82) is 0 Å². The predicted molar refractivity (Wildman–Crippen MR) is 63.8 cm³/mol. The van der Waals surface area contributed by atoms with Gasteiger partial charge in [0.05, 0.1) is 13.7 Å². The summed E-state index contributed by atoms with van der Waals surface area (Å²) in [6.07, 6.45) is 2.49. The molecule has 1 aliphatic carbocycles. The highest BCUT2D eigenvalue weighted by Crippen LogP contribution is 2.41. The van der Waals surface area contributed by atoms with E-state index in [0.29, 0.717) is 12.5 Å². The lowest BCUT2D eigenvalue weighted by Crippen LogP contribution is -2.12. The largest absolute Gasteiger partial charge is 0.493 e. The van der Waals surface area contributed by atoms with E-state index in [4.69, 9.17) is 15.2 Å². The van der Waals surface area contributed by atoms with Gasteiger partial charge in [-0.1, -0.05) is 6.07 Å². The van der Waals surface area contributed by atoms with Gasteiger partial charge in [-0.3, -0.25) is 0 Å². The molecule has 1 atom stereocenters. The fourth-order valence-corrected chi connectivity index (χ4v) is 1.90. The summed E-state index contributed by atoms with van der Waals surface area (Å²) in [6.45, 7) is 2.60. The van der Waals surface area contributed by atoms with Gasteiger partial charge in [-0.05, 0) is 43.4 Å². The van der Waals surface area contributed by atoms with E-state index in [-0.39, 0.29) is 6.04 Å². The molecule has 0 spiro atoms. The van der Waals surface area contributed by atoms with Crippen LogP contribution in [0, 0.1) is 5.92 Å². The normalized spacial score (nSPS) is 16.9. The molecule has 0 saturated heterocycles. The zero-order chi connectivity index (χ0) is 11.5. The van der Waals surface area contributed by atoms with E-state index < -0.39 is 0 Å². The lowest BCUT2D eigenvalue weighted by Gasteiger charge is -2.15. The average Bonchev–Trinajstić information content (AvgIpc) is 3.12. The lowest BCUT2D eigenvalue weighted by molar-refractivity contribution is 0.310. The van der Waals surface area contributed by atoms with Gasteiger partial charge in [-0.25, -0.2) is 0 Å². The molecule has 1 saturated carbocycles. The van der Waals surface area contributed by atoms with Gasteiger partial charge in [-0.2, -0.15) is 0 Å². The molecule has 16 heavy (non-hydrogen) atoms. The Morgan fingerprint density at radius 2 is 2.12 bits per heavy atom. The Bertz CT molecular complexity index is 361. The van der Waals surface area contributed by atoms with Crippen molar-refractivity contribution in [1.82, 2.24) is 0 Å². The molecule has 1 fully saturated rings. The molecule has 1 aromatic rings. The van der Waals surface area contributed by atoms with E-state index in [9.17, 15) is 0 Å². The second-order valence-corrected chi connectivity index (χ2v) is 4.21. The first kappa shape index (κ1) is 11.3. The number of ether oxygens (including phenoxy) is 2. The molecule has 3 nitrogen and oxygen atoms in total. The van der Waals surface area contributed by atoms with E-state index in [2.05, 4.69) is 0 Å². The van der Waals surface area contributed by atoms with Crippen LogP contribution < -0.4 is 15.2 Å². The van der Waals surface area contributed by atoms with Crippen molar-refractivity contribution >= 4 is 0 Å². The molecule has 2 N–H and O–H groups in total. The second-order valence-electron chi connectivity index (χ2n) is 4.21. The molecule has 0 heterocycles. The Morgan fingerprint density at radius 3 is 2.69 bits per heavy atom. The van der Waals surface area contributed by atoms with Gasteiger partial charge >= 0.3 is 0 Å². The van der Waals surface area contributed by atoms with Crippen LogP contribution in [-0.4, -0.2) is 13.7 Å². The number of methoxy groups -OCH3 is 1. The minimum absolute atomic E-state index is 0.144. The third-order valence-corrected chi connectivity index (χ3v) is 3.00. The maximum atomic E-state index is 6.16. The first-order chi connectivity index (χ1) is 7.76. The van der Waals surface area contributed by atoms with Crippen LogP contribution in [0.2, 0.25) is 0 Å². The summed E-state index contributed by atoms with van der Waals surface area (Å²) < 4.78 is 10.8. The second kappa shape index (κ2) is 4.74. The topological polar surface area (TPSA) is 44.5 Å². The third-order valence-electron chi connectivity index (χ3n) is 3.00. The first-order valence-electron chi connectivity index (χ1n) is 5.82. The molecule has 88 valence electrons. The predicted octanol–water partition coefficient (Wildman–Crippen LogP) is 2.50. The third kappa shape index (κ3) is 2.30. The van der Waals surface area contributed by atoms with Crippen molar-refractivity contribution in [2.45, 2.75) is 25.8 Å². The van der Waals surface area contributed by atoms with Crippen LogP contribution in [-0.2, 0) is 0 Å². The molecule has 0 amide bonds. The standard InChI is InChI=1S/C13H19NO2/c1-3-16-12-8-10(6-7-11(12)15-2)13(14)9-4-5-9/h6-9,13H,3-5,14H2,1-2H3/t13-/m1/s1. The van der Waals surface area contributed by atoms with Gasteiger partial charge < -0.3 is 15.2 Å². The Morgan fingerprint density at radius 1 is 1.38 bits per heavy atom. The minimum Gasteiger partial charge on any atom is -0.493 e. The molecule has 0 bridgehead atoms. The van der Waals surface area contributed by atoms with Gasteiger partial charge in [0, 0.05) is 6.04 Å². The Labute approximate surface area is 96.5 Å². The van der Waals surface area contributed by atoms with Crippen molar-refractivity contribution in [2.24, 2.45) is 11.7 Å². The number of hydrogen-bond acceptors (Lipinski definition) is 3. The van der Waals surface area contributed by atoms with Crippen LogP contribution in [0.25, 0.3) is 0 Å². The Kier molecular flexibility index (Phi) is 3.34. The van der Waals surface area contributed by atoms with Gasteiger partial charge in [0.1, 0.15) is 0 Å². The van der Waals surface area contributed by atoms with E-state index >= 15 is 0 Å². The zero-order valence-corrected chi connectivity index (χ0v) is 9.90. The number of hydrogen-bond donors (Lipinski definition) is 1. The number of benzene rings is 1. The van der Waals surface area contributed by atoms with Crippen molar-refractivity contribution in [2.75, 3.05) is 13.7 Å². The van der Waals surface area contributed by atoms with Crippen molar-refractivity contribution in [3.8, 4) is 11.5 Å². The summed E-state index contributed by atoms with van der Waals surface area (Å²) in [5.74, 6) is 2.22. The van der Waals surface area contributed by atoms with Crippen LogP contribution in [0.1, 0.15) is 31.4 Å². The molecular formula is C13H19NO2. The van der Waals surface area contributed by atoms with E-state index in [0.717, 1.165) is 17.1 Å². The molecule has 1 aliphatic rings. The maximum Gasteiger partial charge on any atom is 0.161 e. The van der Waals surface area contributed by atoms with Crippen LogP contribution in [0.4, 0.5) is 0 Å². The van der Waals surface area contributed by atoms with Gasteiger partial charge in [-0.15, -0.1) is 0 Å². The Balaban J connectivity index is 2.22. The zero-order valence-electron chi connectivity index (χ0n) is 9.90. The highest BCUT2D eigenvalue weighted by Gasteiger charge is 2.29. The molecule has 0 aromatic heterocycles. The fraction of sp³-hybridized carbons (Fsp3) is 0.538. The summed E-state index contributed by atoms with van der Waals surface area (Å²) in [4.78, 5) is 0. The molecule has 2 rings (SSSR count). The minimum atomic E-state index is 0.144. The summed E-state index contributed by atoms with van der Waals surface area (Å²) in [5, 5.41) is 0. The van der Waals surface area contributed by atoms with Crippen LogP contribution in [0.5, 0.6) is 11.5 Å². The van der Waals surface area contributed by atoms with E-state index in [1.807, 2.05) is 25.1 Å². The number of rotatable bonds is 5. The Hall–Kier alpha value is -1.22. The van der Waals surface area contributed by atoms with E-state index in [1.54, 1.807) is 7.11 Å². The molecule has 1 aromatic carbocycles. The number of nitrogens with two attached hydrogens (primary N) is 1. The molecule has 0 unspecified atom stereocenters. The summed E-state index contributed by atoms with van der Waals surface area (Å²) in [5.41, 5.74) is 7.31. The van der Waals surface area contributed by atoms with Crippen molar-refractivity contribution in [3.63, 3.8) is 0 Å². The van der Waals surface area contributed by atoms with Crippen LogP contribution >= 0.6 is 0 Å². The van der Waals surface area contributed by atoms with E-state index in [1.165, 1.54) is 12.8 Å². The molecule has 0 aliphatic heterocycles. The monoisotopic (exact) mass is 221 g/mol. The smallest absolute Gasteiger partial charge is 0.161 e. The summed E-state index contributed by atoms with van der Waals surface area (Å²) >= 11 is 0. The van der Waals surface area contributed by atoms with Crippen LogP contribution in [0.15, 0.2) is 18.2 Å². The SMILES string of the molecule is CCOc1cc([C@H](N)C2CC2)ccc1OC. The van der Waals surface area contributed by atoms with Crippen molar-refractivity contribution in [3.05, 3.63) is 23.8 Å². The quantitative estimate of drug-likeness (QED) is 0.830. The van der Waals surface area contributed by atoms with Gasteiger partial charge in [0.25, 0.3) is 0 Å². The first-order valence-corrected chi connectivity index (χ1v) is 5.82. The molecular weight excluding hydrogens is 202 g/mol. The summed E-state index contributed by atoms with van der Waals surface area (Å²) in [6, 6.07) is 6.11.